The highest BCUT2D eigenvalue weighted by molar-refractivity contribution is 5.69. The lowest BCUT2D eigenvalue weighted by atomic mass is 10.1. The van der Waals surface area contributed by atoms with Gasteiger partial charge in [0.25, 0.3) is 0 Å². The Kier molecular flexibility index (Phi) is 1.68. The normalized spacial score (nSPS) is 17.3. The molecule has 0 saturated heterocycles. The third-order valence-electron chi connectivity index (χ3n) is 2.64. The molecule has 0 atom stereocenters. The Morgan fingerprint density at radius 2 is 1.93 bits per heavy atom. The topological polar surface area (TPSA) is 15.3 Å². The highest BCUT2D eigenvalue weighted by atomic mass is 15.3. The maximum atomic E-state index is 3.33. The average molecular weight is 196 g/mol. The number of allylic oxidation sites excluding steroid dienone is 1. The van der Waals surface area contributed by atoms with Crippen molar-refractivity contribution in [2.24, 2.45) is 0 Å². The number of fused-ring (bicyclic) bond motifs is 2. The molecule has 0 bridgehead atoms. The van der Waals surface area contributed by atoms with Crippen molar-refractivity contribution < 1.29 is 0 Å². The van der Waals surface area contributed by atoms with Gasteiger partial charge < -0.3 is 10.2 Å². The lowest BCUT2D eigenvalue weighted by Crippen LogP contribution is -2.12. The van der Waals surface area contributed by atoms with Crippen LogP contribution in [0.1, 0.15) is 18.1 Å². The molecule has 0 fully saturated rings. The lowest BCUT2D eigenvalue weighted by Gasteiger charge is -2.10. The van der Waals surface area contributed by atoms with Gasteiger partial charge in [-0.25, -0.2) is 0 Å². The molecule has 0 unspecified atom stereocenters. The maximum absolute atomic E-state index is 3.33. The fraction of sp³-hybridized carbons (Fsp3) is 0.0769. The van der Waals surface area contributed by atoms with Crippen molar-refractivity contribution in [3.05, 3.63) is 59.3 Å². The molecule has 15 heavy (non-hydrogen) atoms. The number of benzene rings is 1. The molecule has 0 amide bonds. The van der Waals surface area contributed by atoms with Crippen molar-refractivity contribution in [3.8, 4) is 0 Å². The zero-order valence-corrected chi connectivity index (χ0v) is 8.57. The Morgan fingerprint density at radius 3 is 2.80 bits per heavy atom. The van der Waals surface area contributed by atoms with E-state index in [1.807, 2.05) is 0 Å². The largest absolute Gasteiger partial charge is 0.344 e. The van der Waals surface area contributed by atoms with Crippen LogP contribution >= 0.6 is 0 Å². The Labute approximate surface area is 89.2 Å². The third kappa shape index (κ3) is 1.34. The molecule has 1 aromatic rings. The van der Waals surface area contributed by atoms with Crippen molar-refractivity contribution in [1.82, 2.24) is 10.2 Å². The molecular weight excluding hydrogens is 184 g/mol. The fourth-order valence-corrected chi connectivity index (χ4v) is 1.91. The molecule has 74 valence electrons. The summed E-state index contributed by atoms with van der Waals surface area (Å²) in [7, 11) is 0. The minimum absolute atomic E-state index is 1.12. The molecule has 1 N–H and O–H groups in total. The molecule has 2 heteroatoms. The quantitative estimate of drug-likeness (QED) is 0.686. The Hall–Kier alpha value is -1.96. The van der Waals surface area contributed by atoms with Gasteiger partial charge in [0.1, 0.15) is 5.82 Å². The predicted octanol–water partition coefficient (Wildman–Crippen LogP) is 2.74. The molecule has 2 aliphatic heterocycles. The van der Waals surface area contributed by atoms with Gasteiger partial charge in [-0.2, -0.15) is 0 Å². The van der Waals surface area contributed by atoms with Gasteiger partial charge in [0, 0.05) is 18.1 Å². The number of hydrogen-bond acceptors (Lipinski definition) is 2. The average Bonchev–Trinajstić information content (AvgIpc) is 2.49. The first-order valence-corrected chi connectivity index (χ1v) is 5.06. The SMILES string of the molecule is CC1=CN2C=Cc3ccccc3C=C2N1. The second-order valence-corrected chi connectivity index (χ2v) is 3.82. The second kappa shape index (κ2) is 3.02. The van der Waals surface area contributed by atoms with Crippen LogP contribution in [-0.4, -0.2) is 4.90 Å². The van der Waals surface area contributed by atoms with Crippen molar-refractivity contribution in [2.45, 2.75) is 6.92 Å². The van der Waals surface area contributed by atoms with Crippen LogP contribution in [0.4, 0.5) is 0 Å². The first kappa shape index (κ1) is 8.36. The maximum Gasteiger partial charge on any atom is 0.114 e. The third-order valence-corrected chi connectivity index (χ3v) is 2.64. The van der Waals surface area contributed by atoms with E-state index >= 15 is 0 Å². The molecule has 2 heterocycles. The van der Waals surface area contributed by atoms with Gasteiger partial charge >= 0.3 is 0 Å². The van der Waals surface area contributed by atoms with Crippen LogP contribution in [0.3, 0.4) is 0 Å². The van der Waals surface area contributed by atoms with E-state index in [1.165, 1.54) is 16.8 Å². The molecule has 2 nitrogen and oxygen atoms in total. The summed E-state index contributed by atoms with van der Waals surface area (Å²) >= 11 is 0. The van der Waals surface area contributed by atoms with Crippen molar-refractivity contribution in [2.75, 3.05) is 0 Å². The summed E-state index contributed by atoms with van der Waals surface area (Å²) in [6.45, 7) is 2.06. The summed E-state index contributed by atoms with van der Waals surface area (Å²) < 4.78 is 0. The minimum atomic E-state index is 1.12. The molecule has 0 aliphatic carbocycles. The second-order valence-electron chi connectivity index (χ2n) is 3.82. The highest BCUT2D eigenvalue weighted by Gasteiger charge is 2.15. The van der Waals surface area contributed by atoms with Crippen LogP contribution in [0.25, 0.3) is 12.2 Å². The zero-order chi connectivity index (χ0) is 10.3. The zero-order valence-electron chi connectivity index (χ0n) is 8.57. The first-order chi connectivity index (χ1) is 7.33. The van der Waals surface area contributed by atoms with Crippen LogP contribution < -0.4 is 5.32 Å². The van der Waals surface area contributed by atoms with Gasteiger partial charge in [0.2, 0.25) is 0 Å². The number of nitrogens with zero attached hydrogens (tertiary/aromatic N) is 1. The lowest BCUT2D eigenvalue weighted by molar-refractivity contribution is 0.639. The molecule has 2 aliphatic rings. The van der Waals surface area contributed by atoms with E-state index < -0.39 is 0 Å². The van der Waals surface area contributed by atoms with E-state index in [4.69, 9.17) is 0 Å². The summed E-state index contributed by atoms with van der Waals surface area (Å²) in [5, 5.41) is 3.33. The Morgan fingerprint density at radius 1 is 1.13 bits per heavy atom. The van der Waals surface area contributed by atoms with E-state index in [0.29, 0.717) is 0 Å². The van der Waals surface area contributed by atoms with Gasteiger partial charge in [-0.05, 0) is 30.2 Å². The van der Waals surface area contributed by atoms with Crippen LogP contribution in [0.5, 0.6) is 0 Å². The van der Waals surface area contributed by atoms with Gasteiger partial charge in [0.05, 0.1) is 0 Å². The number of nitrogens with one attached hydrogen (secondary N) is 1. The van der Waals surface area contributed by atoms with Gasteiger partial charge in [-0.15, -0.1) is 0 Å². The van der Waals surface area contributed by atoms with Crippen LogP contribution in [-0.2, 0) is 0 Å². The predicted molar refractivity (Wildman–Crippen MR) is 62.2 cm³/mol. The molecular formula is C13H12N2. The summed E-state index contributed by atoms with van der Waals surface area (Å²) in [5.74, 6) is 1.12. The van der Waals surface area contributed by atoms with Crippen LogP contribution in [0.2, 0.25) is 0 Å². The van der Waals surface area contributed by atoms with Crippen molar-refractivity contribution in [3.63, 3.8) is 0 Å². The van der Waals surface area contributed by atoms with Crippen molar-refractivity contribution in [1.29, 1.82) is 0 Å². The summed E-state index contributed by atoms with van der Waals surface area (Å²) in [5.41, 5.74) is 3.68. The van der Waals surface area contributed by atoms with E-state index in [-0.39, 0.29) is 0 Å². The van der Waals surface area contributed by atoms with Gasteiger partial charge in [0.15, 0.2) is 0 Å². The highest BCUT2D eigenvalue weighted by Crippen LogP contribution is 2.24. The summed E-state index contributed by atoms with van der Waals surface area (Å²) in [4.78, 5) is 2.11. The standard InChI is InChI=1S/C13H12N2/c1-10-9-15-7-6-11-4-2-3-5-12(11)8-13(15)14-10/h2-9,14H,1H3. The van der Waals surface area contributed by atoms with E-state index in [2.05, 4.69) is 66.0 Å². The van der Waals surface area contributed by atoms with Gasteiger partial charge in [-0.1, -0.05) is 24.3 Å². The van der Waals surface area contributed by atoms with Gasteiger partial charge in [-0.3, -0.25) is 0 Å². The summed E-state index contributed by atoms with van der Waals surface area (Å²) in [6.07, 6.45) is 8.48. The number of rotatable bonds is 0. The van der Waals surface area contributed by atoms with E-state index in [1.54, 1.807) is 0 Å². The molecule has 3 rings (SSSR count). The summed E-state index contributed by atoms with van der Waals surface area (Å²) in [6, 6.07) is 8.38. The van der Waals surface area contributed by atoms with E-state index in [0.717, 1.165) is 5.82 Å². The molecule has 0 saturated carbocycles. The fourth-order valence-electron chi connectivity index (χ4n) is 1.91. The Balaban J connectivity index is 2.13. The van der Waals surface area contributed by atoms with Crippen LogP contribution in [0, 0.1) is 0 Å². The molecule has 1 aromatic carbocycles. The molecule has 0 aromatic heterocycles. The number of hydrogen-bond donors (Lipinski definition) is 1. The molecule has 0 spiro atoms. The Bertz CT molecular complexity index is 495. The first-order valence-electron chi connectivity index (χ1n) is 5.06. The monoisotopic (exact) mass is 196 g/mol. The van der Waals surface area contributed by atoms with E-state index in [9.17, 15) is 0 Å². The van der Waals surface area contributed by atoms with Crippen molar-refractivity contribution >= 4 is 12.2 Å². The van der Waals surface area contributed by atoms with Crippen LogP contribution in [0.15, 0.2) is 48.2 Å². The molecule has 0 radical (unpaired) electrons. The minimum Gasteiger partial charge on any atom is -0.344 e. The smallest absolute Gasteiger partial charge is 0.114 e.